The number of hydrogen-bond donors (Lipinski definition) is 1. The predicted molar refractivity (Wildman–Crippen MR) is 78.8 cm³/mol. The summed E-state index contributed by atoms with van der Waals surface area (Å²) in [6.45, 7) is 2.74. The molecule has 1 unspecified atom stereocenters. The number of benzene rings is 1. The minimum absolute atomic E-state index is 0.651. The highest BCUT2D eigenvalue weighted by Crippen LogP contribution is 2.29. The van der Waals surface area contributed by atoms with E-state index in [4.69, 9.17) is 0 Å². The molecule has 0 radical (unpaired) electrons. The maximum Gasteiger partial charge on any atom is 0.122 e. The van der Waals surface area contributed by atoms with E-state index in [1.54, 1.807) is 10.9 Å². The molecule has 0 aliphatic heterocycles. The average Bonchev–Trinajstić information content (AvgIpc) is 2.69. The first kappa shape index (κ1) is 13.0. The van der Waals surface area contributed by atoms with Crippen molar-refractivity contribution in [3.05, 3.63) is 49.8 Å². The van der Waals surface area contributed by atoms with Gasteiger partial charge in [-0.15, -0.1) is 0 Å². The lowest BCUT2D eigenvalue weighted by Crippen LogP contribution is -2.09. The summed E-state index contributed by atoms with van der Waals surface area (Å²) < 4.78 is 3.75. The van der Waals surface area contributed by atoms with Gasteiger partial charge < -0.3 is 5.11 Å². The molecule has 90 valence electrons. The topological polar surface area (TPSA) is 38.0 Å². The molecule has 0 aliphatic rings. The highest BCUT2D eigenvalue weighted by atomic mass is 127. The molecule has 0 aliphatic carbocycles. The van der Waals surface area contributed by atoms with Gasteiger partial charge in [0.15, 0.2) is 0 Å². The van der Waals surface area contributed by atoms with Crippen molar-refractivity contribution in [1.82, 2.24) is 9.78 Å². The molecular formula is C12H12BrIN2O. The van der Waals surface area contributed by atoms with Crippen LogP contribution in [0.25, 0.3) is 0 Å². The summed E-state index contributed by atoms with van der Waals surface area (Å²) in [6.07, 6.45) is 1.07. The molecule has 0 amide bonds. The Morgan fingerprint density at radius 1 is 1.53 bits per heavy atom. The Kier molecular flexibility index (Phi) is 4.22. The van der Waals surface area contributed by atoms with Gasteiger partial charge in [-0.25, -0.2) is 0 Å². The van der Waals surface area contributed by atoms with Gasteiger partial charge in [-0.3, -0.25) is 4.68 Å². The number of aromatic nitrogens is 2. The van der Waals surface area contributed by atoms with Gasteiger partial charge in [-0.05, 0) is 63.1 Å². The van der Waals surface area contributed by atoms with Crippen molar-refractivity contribution < 1.29 is 5.11 Å². The summed E-state index contributed by atoms with van der Waals surface area (Å²) in [7, 11) is 0. The normalized spacial score (nSPS) is 12.7. The molecule has 0 spiro atoms. The third kappa shape index (κ3) is 2.71. The summed E-state index contributed by atoms with van der Waals surface area (Å²) in [5.41, 5.74) is 1.68. The third-order valence-electron chi connectivity index (χ3n) is 2.56. The minimum Gasteiger partial charge on any atom is -0.382 e. The van der Waals surface area contributed by atoms with Crippen LogP contribution in [0.4, 0.5) is 0 Å². The largest absolute Gasteiger partial charge is 0.382 e. The monoisotopic (exact) mass is 406 g/mol. The fourth-order valence-electron chi connectivity index (χ4n) is 1.73. The van der Waals surface area contributed by atoms with Crippen LogP contribution in [0.1, 0.15) is 24.3 Å². The number of nitrogens with zero attached hydrogens (tertiary/aromatic N) is 2. The van der Waals surface area contributed by atoms with Crippen molar-refractivity contribution in [3.63, 3.8) is 0 Å². The van der Waals surface area contributed by atoms with E-state index in [0.29, 0.717) is 0 Å². The average molecular weight is 407 g/mol. The second-order valence-corrected chi connectivity index (χ2v) is 5.75. The van der Waals surface area contributed by atoms with Gasteiger partial charge >= 0.3 is 0 Å². The Hall–Kier alpha value is -0.400. The number of halogens is 2. The zero-order valence-corrected chi connectivity index (χ0v) is 13.0. The second-order valence-electron chi connectivity index (χ2n) is 3.65. The van der Waals surface area contributed by atoms with E-state index in [9.17, 15) is 5.11 Å². The van der Waals surface area contributed by atoms with Crippen LogP contribution in [-0.4, -0.2) is 14.9 Å². The molecule has 17 heavy (non-hydrogen) atoms. The molecule has 1 N–H and O–H groups in total. The molecule has 2 rings (SSSR count). The van der Waals surface area contributed by atoms with Crippen molar-refractivity contribution in [1.29, 1.82) is 0 Å². The first-order valence-electron chi connectivity index (χ1n) is 5.28. The Labute approximate surface area is 122 Å². The van der Waals surface area contributed by atoms with Gasteiger partial charge in [0, 0.05) is 10.1 Å². The van der Waals surface area contributed by atoms with Crippen LogP contribution in [0, 0.1) is 3.57 Å². The first-order chi connectivity index (χ1) is 8.13. The van der Waals surface area contributed by atoms with Gasteiger partial charge in [0.2, 0.25) is 0 Å². The predicted octanol–water partition coefficient (Wildman–Crippen LogP) is 3.35. The molecule has 1 heterocycles. The van der Waals surface area contributed by atoms with Crippen LogP contribution >= 0.6 is 38.5 Å². The third-order valence-corrected chi connectivity index (χ3v) is 3.84. The molecule has 5 heteroatoms. The Morgan fingerprint density at radius 2 is 2.29 bits per heavy atom. The van der Waals surface area contributed by atoms with Gasteiger partial charge in [0.1, 0.15) is 6.10 Å². The minimum atomic E-state index is -0.651. The van der Waals surface area contributed by atoms with Crippen LogP contribution in [0.15, 0.2) is 34.9 Å². The standard InChI is InChI=1S/C12H12BrIN2O/c1-2-16-11(10(13)7-15-16)12(17)8-4-3-5-9(14)6-8/h3-7,12,17H,2H2,1H3. The van der Waals surface area contributed by atoms with Gasteiger partial charge in [-0.2, -0.15) is 5.10 Å². The number of rotatable bonds is 3. The molecular weight excluding hydrogens is 395 g/mol. The Balaban J connectivity index is 2.43. The highest BCUT2D eigenvalue weighted by molar-refractivity contribution is 14.1. The van der Waals surface area contributed by atoms with Crippen molar-refractivity contribution in [2.45, 2.75) is 19.6 Å². The molecule has 3 nitrogen and oxygen atoms in total. The number of aryl methyl sites for hydroxylation is 1. The van der Waals surface area contributed by atoms with Crippen molar-refractivity contribution in [3.8, 4) is 0 Å². The fraction of sp³-hybridized carbons (Fsp3) is 0.250. The van der Waals surface area contributed by atoms with E-state index in [1.165, 1.54) is 0 Å². The zero-order valence-electron chi connectivity index (χ0n) is 9.27. The molecule has 2 aromatic rings. The number of aliphatic hydroxyl groups excluding tert-OH is 1. The second kappa shape index (κ2) is 5.49. The highest BCUT2D eigenvalue weighted by Gasteiger charge is 2.18. The van der Waals surface area contributed by atoms with Crippen LogP contribution in [-0.2, 0) is 6.54 Å². The quantitative estimate of drug-likeness (QED) is 0.793. The van der Waals surface area contributed by atoms with Gasteiger partial charge in [-0.1, -0.05) is 12.1 Å². The summed E-state index contributed by atoms with van der Waals surface area (Å²) in [6, 6.07) is 7.85. The SMILES string of the molecule is CCn1ncc(Br)c1C(O)c1cccc(I)c1. The molecule has 0 saturated carbocycles. The van der Waals surface area contributed by atoms with Gasteiger partial charge in [0.25, 0.3) is 0 Å². The van der Waals surface area contributed by atoms with Crippen molar-refractivity contribution in [2.24, 2.45) is 0 Å². The lowest BCUT2D eigenvalue weighted by atomic mass is 10.1. The summed E-state index contributed by atoms with van der Waals surface area (Å²) >= 11 is 5.67. The van der Waals surface area contributed by atoms with Crippen LogP contribution < -0.4 is 0 Å². The van der Waals surface area contributed by atoms with Crippen molar-refractivity contribution >= 4 is 38.5 Å². The molecule has 0 fully saturated rings. The van der Waals surface area contributed by atoms with Crippen LogP contribution in [0.2, 0.25) is 0 Å². The van der Waals surface area contributed by atoms with E-state index in [0.717, 1.165) is 25.8 Å². The van der Waals surface area contributed by atoms with Crippen LogP contribution in [0.5, 0.6) is 0 Å². The lowest BCUT2D eigenvalue weighted by Gasteiger charge is -2.14. The van der Waals surface area contributed by atoms with Gasteiger partial charge in [0.05, 0.1) is 16.4 Å². The molecule has 1 aromatic carbocycles. The molecule has 0 bridgehead atoms. The smallest absolute Gasteiger partial charge is 0.122 e. The Bertz CT molecular complexity index is 527. The maximum atomic E-state index is 10.4. The van der Waals surface area contributed by atoms with E-state index in [2.05, 4.69) is 43.6 Å². The molecule has 0 saturated heterocycles. The van der Waals surface area contributed by atoms with E-state index >= 15 is 0 Å². The summed E-state index contributed by atoms with van der Waals surface area (Å²) in [5, 5.41) is 14.6. The lowest BCUT2D eigenvalue weighted by molar-refractivity contribution is 0.207. The van der Waals surface area contributed by atoms with E-state index < -0.39 is 6.10 Å². The van der Waals surface area contributed by atoms with Crippen LogP contribution in [0.3, 0.4) is 0 Å². The summed E-state index contributed by atoms with van der Waals surface area (Å²) in [5.74, 6) is 0. The van der Waals surface area contributed by atoms with E-state index in [1.807, 2.05) is 31.2 Å². The number of aliphatic hydroxyl groups is 1. The number of hydrogen-bond acceptors (Lipinski definition) is 2. The maximum absolute atomic E-state index is 10.4. The zero-order chi connectivity index (χ0) is 12.4. The molecule has 1 atom stereocenters. The fourth-order valence-corrected chi connectivity index (χ4v) is 2.81. The summed E-state index contributed by atoms with van der Waals surface area (Å²) in [4.78, 5) is 0. The van der Waals surface area contributed by atoms with Crippen molar-refractivity contribution in [2.75, 3.05) is 0 Å². The Morgan fingerprint density at radius 3 is 2.94 bits per heavy atom. The molecule has 1 aromatic heterocycles. The van der Waals surface area contributed by atoms with E-state index in [-0.39, 0.29) is 0 Å². The first-order valence-corrected chi connectivity index (χ1v) is 7.15.